The van der Waals surface area contributed by atoms with Gasteiger partial charge in [-0.2, -0.15) is 0 Å². The minimum absolute atomic E-state index is 0.317. The van der Waals surface area contributed by atoms with Crippen molar-refractivity contribution in [2.45, 2.75) is 4.90 Å². The number of carbonyl (C=O) groups excluding carboxylic acids is 1. The Kier molecular flexibility index (Phi) is 3.17. The Morgan fingerprint density at radius 1 is 1.58 bits per heavy atom. The van der Waals surface area contributed by atoms with Crippen molar-refractivity contribution in [2.75, 3.05) is 13.4 Å². The standard InChI is InChI=1S/C9H9O2S/c1-11-9(10)7-4-3-5-8(6-7)12-2/h4-6H,1-2H3. The zero-order valence-corrected chi connectivity index (χ0v) is 7.77. The summed E-state index contributed by atoms with van der Waals surface area (Å²) in [7, 11) is 1.37. The lowest BCUT2D eigenvalue weighted by Gasteiger charge is -1.99. The maximum atomic E-state index is 11.0. The first-order valence-electron chi connectivity index (χ1n) is 3.41. The zero-order valence-electron chi connectivity index (χ0n) is 6.96. The van der Waals surface area contributed by atoms with Crippen LogP contribution in [0.15, 0.2) is 23.1 Å². The molecule has 0 aromatic heterocycles. The molecule has 0 aliphatic rings. The van der Waals surface area contributed by atoms with Gasteiger partial charge in [0.15, 0.2) is 0 Å². The highest BCUT2D eigenvalue weighted by atomic mass is 32.2. The minimum Gasteiger partial charge on any atom is -0.465 e. The lowest BCUT2D eigenvalue weighted by Crippen LogP contribution is -2.00. The molecule has 1 aromatic rings. The van der Waals surface area contributed by atoms with Gasteiger partial charge in [0.05, 0.1) is 12.7 Å². The number of hydrogen-bond donors (Lipinski definition) is 0. The number of carbonyl (C=O) groups is 1. The van der Waals surface area contributed by atoms with Crippen molar-refractivity contribution >= 4 is 17.7 Å². The highest BCUT2D eigenvalue weighted by Gasteiger charge is 2.04. The van der Waals surface area contributed by atoms with Crippen molar-refractivity contribution in [3.05, 3.63) is 29.8 Å². The van der Waals surface area contributed by atoms with Gasteiger partial charge in [-0.05, 0) is 30.5 Å². The molecule has 63 valence electrons. The molecule has 0 N–H and O–H groups in total. The van der Waals surface area contributed by atoms with Gasteiger partial charge in [0, 0.05) is 4.90 Å². The quantitative estimate of drug-likeness (QED) is 0.515. The minimum atomic E-state index is -0.317. The van der Waals surface area contributed by atoms with Crippen LogP contribution in [0.25, 0.3) is 0 Å². The predicted molar refractivity (Wildman–Crippen MR) is 48.4 cm³/mol. The second-order valence-electron chi connectivity index (χ2n) is 2.15. The molecule has 0 aliphatic heterocycles. The number of methoxy groups -OCH3 is 1. The van der Waals surface area contributed by atoms with Crippen LogP contribution in [0.5, 0.6) is 0 Å². The average molecular weight is 181 g/mol. The Morgan fingerprint density at radius 3 is 2.92 bits per heavy atom. The molecule has 12 heavy (non-hydrogen) atoms. The molecule has 1 aromatic carbocycles. The molecule has 2 nitrogen and oxygen atoms in total. The van der Waals surface area contributed by atoms with Crippen LogP contribution in [0.1, 0.15) is 10.4 Å². The summed E-state index contributed by atoms with van der Waals surface area (Å²) >= 11 is 1.57. The van der Waals surface area contributed by atoms with Crippen molar-refractivity contribution < 1.29 is 9.53 Å². The van der Waals surface area contributed by atoms with Crippen molar-refractivity contribution in [1.29, 1.82) is 0 Å². The van der Waals surface area contributed by atoms with Crippen LogP contribution in [0, 0.1) is 6.07 Å². The summed E-state index contributed by atoms with van der Waals surface area (Å²) in [4.78, 5) is 12.0. The van der Waals surface area contributed by atoms with Crippen LogP contribution < -0.4 is 0 Å². The molecule has 0 saturated carbocycles. The summed E-state index contributed by atoms with van der Waals surface area (Å²) in [5.41, 5.74) is 0.546. The highest BCUT2D eigenvalue weighted by molar-refractivity contribution is 7.98. The van der Waals surface area contributed by atoms with Gasteiger partial charge in [-0.15, -0.1) is 11.8 Å². The van der Waals surface area contributed by atoms with E-state index < -0.39 is 0 Å². The van der Waals surface area contributed by atoms with Crippen molar-refractivity contribution in [2.24, 2.45) is 0 Å². The first-order valence-corrected chi connectivity index (χ1v) is 4.64. The second-order valence-corrected chi connectivity index (χ2v) is 3.03. The van der Waals surface area contributed by atoms with E-state index in [0.717, 1.165) is 4.90 Å². The Bertz CT molecular complexity index is 284. The third-order valence-corrected chi connectivity index (χ3v) is 2.13. The monoisotopic (exact) mass is 181 g/mol. The van der Waals surface area contributed by atoms with E-state index >= 15 is 0 Å². The first kappa shape index (κ1) is 9.13. The topological polar surface area (TPSA) is 26.3 Å². The van der Waals surface area contributed by atoms with Crippen LogP contribution in [0.3, 0.4) is 0 Å². The van der Waals surface area contributed by atoms with Gasteiger partial charge in [-0.1, -0.05) is 0 Å². The van der Waals surface area contributed by atoms with Gasteiger partial charge in [-0.25, -0.2) is 4.79 Å². The van der Waals surface area contributed by atoms with Crippen LogP contribution in [-0.2, 0) is 4.74 Å². The molecule has 0 atom stereocenters. The molecule has 1 rings (SSSR count). The number of esters is 1. The summed E-state index contributed by atoms with van der Waals surface area (Å²) in [6.07, 6.45) is 1.95. The summed E-state index contributed by atoms with van der Waals surface area (Å²) in [6, 6.07) is 8.11. The van der Waals surface area contributed by atoms with Crippen LogP contribution in [-0.4, -0.2) is 19.3 Å². The first-order chi connectivity index (χ1) is 5.77. The molecular formula is C9H9O2S. The molecule has 1 radical (unpaired) electrons. The summed E-state index contributed by atoms with van der Waals surface area (Å²) in [6.45, 7) is 0. The molecule has 0 heterocycles. The zero-order chi connectivity index (χ0) is 8.97. The predicted octanol–water partition coefficient (Wildman–Crippen LogP) is 2.00. The summed E-state index contributed by atoms with van der Waals surface area (Å²) in [5, 5.41) is 0. The van der Waals surface area contributed by atoms with Crippen molar-refractivity contribution in [3.63, 3.8) is 0 Å². The van der Waals surface area contributed by atoms with Crippen molar-refractivity contribution in [3.8, 4) is 0 Å². The molecular weight excluding hydrogens is 172 g/mol. The van der Waals surface area contributed by atoms with Gasteiger partial charge in [0.2, 0.25) is 0 Å². The SMILES string of the molecule is COC(=O)c1c[c]cc(SC)c1. The number of thioether (sulfide) groups is 1. The molecule has 0 aliphatic carbocycles. The van der Waals surface area contributed by atoms with E-state index in [9.17, 15) is 4.79 Å². The van der Waals surface area contributed by atoms with Gasteiger partial charge < -0.3 is 4.74 Å². The summed E-state index contributed by atoms with van der Waals surface area (Å²) < 4.78 is 4.57. The van der Waals surface area contributed by atoms with E-state index in [0.29, 0.717) is 5.56 Å². The van der Waals surface area contributed by atoms with Crippen molar-refractivity contribution in [1.82, 2.24) is 0 Å². The molecule has 0 spiro atoms. The van der Waals surface area contributed by atoms with Gasteiger partial charge in [0.25, 0.3) is 0 Å². The highest BCUT2D eigenvalue weighted by Crippen LogP contribution is 2.15. The number of hydrogen-bond acceptors (Lipinski definition) is 3. The largest absolute Gasteiger partial charge is 0.465 e. The fraction of sp³-hybridized carbons (Fsp3) is 0.222. The van der Waals surface area contributed by atoms with Crippen LogP contribution in [0.4, 0.5) is 0 Å². The van der Waals surface area contributed by atoms with Gasteiger partial charge >= 0.3 is 5.97 Å². The van der Waals surface area contributed by atoms with E-state index in [1.807, 2.05) is 12.3 Å². The molecule has 0 amide bonds. The Labute approximate surface area is 75.9 Å². The number of ether oxygens (including phenoxy) is 1. The van der Waals surface area contributed by atoms with Crippen LogP contribution >= 0.6 is 11.8 Å². The average Bonchev–Trinajstić information content (AvgIpc) is 2.17. The Balaban J connectivity index is 2.93. The third kappa shape index (κ3) is 2.01. The molecule has 0 unspecified atom stereocenters. The molecule has 0 saturated heterocycles. The smallest absolute Gasteiger partial charge is 0.337 e. The summed E-state index contributed by atoms with van der Waals surface area (Å²) in [5.74, 6) is -0.317. The lowest BCUT2D eigenvalue weighted by molar-refractivity contribution is 0.0600. The Morgan fingerprint density at radius 2 is 2.33 bits per heavy atom. The lowest BCUT2D eigenvalue weighted by atomic mass is 10.2. The van der Waals surface area contributed by atoms with E-state index in [4.69, 9.17) is 0 Å². The molecule has 0 fully saturated rings. The molecule has 3 heteroatoms. The maximum Gasteiger partial charge on any atom is 0.337 e. The Hall–Kier alpha value is -0.960. The van der Waals surface area contributed by atoms with Gasteiger partial charge in [-0.3, -0.25) is 0 Å². The van der Waals surface area contributed by atoms with E-state index in [2.05, 4.69) is 10.8 Å². The fourth-order valence-corrected chi connectivity index (χ4v) is 1.23. The maximum absolute atomic E-state index is 11.0. The number of benzene rings is 1. The fourth-order valence-electron chi connectivity index (χ4n) is 0.804. The normalized spacial score (nSPS) is 9.50. The van der Waals surface area contributed by atoms with E-state index in [1.54, 1.807) is 23.9 Å². The molecule has 0 bridgehead atoms. The second kappa shape index (κ2) is 4.16. The van der Waals surface area contributed by atoms with Gasteiger partial charge in [0.1, 0.15) is 0 Å². The van der Waals surface area contributed by atoms with Crippen LogP contribution in [0.2, 0.25) is 0 Å². The number of rotatable bonds is 2. The third-order valence-electron chi connectivity index (χ3n) is 1.42. The van der Waals surface area contributed by atoms with E-state index in [-0.39, 0.29) is 5.97 Å². The van der Waals surface area contributed by atoms with E-state index in [1.165, 1.54) is 7.11 Å².